The standard InChI is InChI=1S/C8H10O2Se/c1-2-6-3-9-7-4-11-5-8(7)10-6/h4-6H,2-3H2,1H3. The maximum absolute atomic E-state index is 5.64. The van der Waals surface area contributed by atoms with Crippen LogP contribution in [0, 0.1) is 0 Å². The van der Waals surface area contributed by atoms with Crippen molar-refractivity contribution in [3.63, 3.8) is 0 Å². The molecule has 3 heteroatoms. The first kappa shape index (κ1) is 7.26. The van der Waals surface area contributed by atoms with Crippen molar-refractivity contribution in [1.82, 2.24) is 0 Å². The van der Waals surface area contributed by atoms with Crippen molar-refractivity contribution in [2.24, 2.45) is 0 Å². The van der Waals surface area contributed by atoms with Gasteiger partial charge in [-0.25, -0.2) is 0 Å². The van der Waals surface area contributed by atoms with Crippen molar-refractivity contribution in [3.8, 4) is 11.5 Å². The zero-order valence-corrected chi connectivity index (χ0v) is 8.08. The third-order valence-electron chi connectivity index (χ3n) is 1.77. The van der Waals surface area contributed by atoms with Crippen LogP contribution < -0.4 is 9.47 Å². The molecule has 1 aromatic heterocycles. The van der Waals surface area contributed by atoms with E-state index in [0.29, 0.717) is 14.5 Å². The van der Waals surface area contributed by atoms with Crippen molar-refractivity contribution >= 4 is 14.5 Å². The molecule has 11 heavy (non-hydrogen) atoms. The molecular formula is C8H10O2Se. The van der Waals surface area contributed by atoms with Gasteiger partial charge in [0.25, 0.3) is 0 Å². The van der Waals surface area contributed by atoms with Crippen LogP contribution in [-0.4, -0.2) is 27.2 Å². The van der Waals surface area contributed by atoms with E-state index in [2.05, 4.69) is 16.8 Å². The molecule has 0 aromatic carbocycles. The summed E-state index contributed by atoms with van der Waals surface area (Å²) in [4.78, 5) is 4.25. The third kappa shape index (κ3) is 1.31. The molecule has 2 rings (SSSR count). The normalized spacial score (nSPS) is 21.7. The van der Waals surface area contributed by atoms with Crippen LogP contribution in [-0.2, 0) is 0 Å². The minimum atomic E-state index is 0.271. The van der Waals surface area contributed by atoms with Crippen LogP contribution in [0.25, 0.3) is 0 Å². The van der Waals surface area contributed by atoms with Crippen LogP contribution in [0.1, 0.15) is 13.3 Å². The van der Waals surface area contributed by atoms with Gasteiger partial charge in [-0.3, -0.25) is 0 Å². The van der Waals surface area contributed by atoms with Gasteiger partial charge >= 0.3 is 71.4 Å². The van der Waals surface area contributed by atoms with E-state index in [-0.39, 0.29) is 6.10 Å². The Bertz CT molecular complexity index is 244. The number of rotatable bonds is 1. The second-order valence-corrected chi connectivity index (χ2v) is 4.12. The van der Waals surface area contributed by atoms with Gasteiger partial charge in [-0.1, -0.05) is 0 Å². The predicted octanol–water partition coefficient (Wildman–Crippen LogP) is 1.29. The van der Waals surface area contributed by atoms with Crippen molar-refractivity contribution < 1.29 is 9.47 Å². The molecule has 1 aliphatic rings. The molecule has 1 atom stereocenters. The van der Waals surface area contributed by atoms with Gasteiger partial charge in [-0.15, -0.1) is 0 Å². The summed E-state index contributed by atoms with van der Waals surface area (Å²) in [6.45, 7) is 2.83. The fraction of sp³-hybridized carbons (Fsp3) is 0.500. The first-order chi connectivity index (χ1) is 5.40. The summed E-state index contributed by atoms with van der Waals surface area (Å²) in [7, 11) is 0. The molecule has 0 aliphatic carbocycles. The van der Waals surface area contributed by atoms with Gasteiger partial charge in [0.2, 0.25) is 0 Å². The van der Waals surface area contributed by atoms with E-state index in [1.165, 1.54) is 0 Å². The van der Waals surface area contributed by atoms with Gasteiger partial charge in [0.1, 0.15) is 0 Å². The van der Waals surface area contributed by atoms with Gasteiger partial charge < -0.3 is 0 Å². The molecule has 2 nitrogen and oxygen atoms in total. The van der Waals surface area contributed by atoms with E-state index < -0.39 is 0 Å². The maximum atomic E-state index is 5.64. The predicted molar refractivity (Wildman–Crippen MR) is 43.6 cm³/mol. The fourth-order valence-electron chi connectivity index (χ4n) is 1.06. The Labute approximate surface area is 71.9 Å². The molecule has 2 heterocycles. The van der Waals surface area contributed by atoms with E-state index in [9.17, 15) is 0 Å². The molecule has 60 valence electrons. The molecule has 0 amide bonds. The van der Waals surface area contributed by atoms with Crippen molar-refractivity contribution in [2.45, 2.75) is 19.4 Å². The zero-order valence-electron chi connectivity index (χ0n) is 6.37. The van der Waals surface area contributed by atoms with Crippen LogP contribution in [0.4, 0.5) is 0 Å². The summed E-state index contributed by atoms with van der Waals surface area (Å²) in [5, 5.41) is 0. The molecule has 0 N–H and O–H groups in total. The summed E-state index contributed by atoms with van der Waals surface area (Å²) >= 11 is 0.466. The molecule has 0 saturated carbocycles. The summed E-state index contributed by atoms with van der Waals surface area (Å²) < 4.78 is 11.1. The Kier molecular flexibility index (Phi) is 1.93. The number of hydrogen-bond donors (Lipinski definition) is 0. The fourth-order valence-corrected chi connectivity index (χ4v) is 2.47. The number of hydrogen-bond acceptors (Lipinski definition) is 2. The molecular weight excluding hydrogens is 207 g/mol. The average Bonchev–Trinajstić information content (AvgIpc) is 2.50. The zero-order chi connectivity index (χ0) is 7.68. The van der Waals surface area contributed by atoms with Gasteiger partial charge in [-0.2, -0.15) is 0 Å². The van der Waals surface area contributed by atoms with E-state index in [1.54, 1.807) is 0 Å². The summed E-state index contributed by atoms with van der Waals surface area (Å²) in [6.07, 6.45) is 1.30. The van der Waals surface area contributed by atoms with Gasteiger partial charge in [0.15, 0.2) is 0 Å². The minimum absolute atomic E-state index is 0.271. The summed E-state index contributed by atoms with van der Waals surface area (Å²) in [6, 6.07) is 0. The Morgan fingerprint density at radius 2 is 2.36 bits per heavy atom. The van der Waals surface area contributed by atoms with Crippen LogP contribution in [0.2, 0.25) is 0 Å². The second kappa shape index (κ2) is 2.92. The number of ether oxygens (including phenoxy) is 2. The topological polar surface area (TPSA) is 18.5 Å². The Morgan fingerprint density at radius 3 is 3.18 bits per heavy atom. The molecule has 0 radical (unpaired) electrons. The Balaban J connectivity index is 2.18. The van der Waals surface area contributed by atoms with Gasteiger partial charge in [-0.05, 0) is 0 Å². The van der Waals surface area contributed by atoms with Crippen LogP contribution in [0.15, 0.2) is 9.88 Å². The molecule has 1 unspecified atom stereocenters. The average molecular weight is 217 g/mol. The Morgan fingerprint density at radius 1 is 1.55 bits per heavy atom. The molecule has 1 aromatic rings. The van der Waals surface area contributed by atoms with Crippen LogP contribution in [0.5, 0.6) is 11.5 Å². The Hall–Kier alpha value is -0.401. The second-order valence-electron chi connectivity index (χ2n) is 2.56. The van der Waals surface area contributed by atoms with Crippen LogP contribution >= 0.6 is 0 Å². The van der Waals surface area contributed by atoms with E-state index in [1.807, 2.05) is 0 Å². The van der Waals surface area contributed by atoms with Gasteiger partial charge in [0, 0.05) is 0 Å². The van der Waals surface area contributed by atoms with Crippen molar-refractivity contribution in [3.05, 3.63) is 9.88 Å². The van der Waals surface area contributed by atoms with E-state index >= 15 is 0 Å². The molecule has 0 saturated heterocycles. The van der Waals surface area contributed by atoms with Gasteiger partial charge in [0.05, 0.1) is 0 Å². The molecule has 0 fully saturated rings. The van der Waals surface area contributed by atoms with Crippen molar-refractivity contribution in [2.75, 3.05) is 6.61 Å². The van der Waals surface area contributed by atoms with E-state index in [4.69, 9.17) is 9.47 Å². The van der Waals surface area contributed by atoms with E-state index in [0.717, 1.165) is 24.5 Å². The molecule has 0 bridgehead atoms. The van der Waals surface area contributed by atoms with Crippen molar-refractivity contribution in [1.29, 1.82) is 0 Å². The first-order valence-corrected chi connectivity index (χ1v) is 5.73. The SMILES string of the molecule is CCC1COc2c[se]cc2O1. The third-order valence-corrected chi connectivity index (χ3v) is 3.24. The van der Waals surface area contributed by atoms with Crippen LogP contribution in [0.3, 0.4) is 0 Å². The molecule has 1 aliphatic heterocycles. The monoisotopic (exact) mass is 218 g/mol. The summed E-state index contributed by atoms with van der Waals surface area (Å²) in [5.41, 5.74) is 0. The quantitative estimate of drug-likeness (QED) is 0.660. The molecule has 0 spiro atoms. The summed E-state index contributed by atoms with van der Waals surface area (Å²) in [5.74, 6) is 1.94. The first-order valence-electron chi connectivity index (χ1n) is 3.75. The number of fused-ring (bicyclic) bond motifs is 1.